The Morgan fingerprint density at radius 1 is 1.44 bits per heavy atom. The molecule has 2 rings (SSSR count). The SMILES string of the molecule is CC1(C)C(CCN)CCCN1c1cccc(Cl)c1. The quantitative estimate of drug-likeness (QED) is 0.904. The molecule has 1 atom stereocenters. The van der Waals surface area contributed by atoms with Crippen LogP contribution in [0.3, 0.4) is 0 Å². The maximum Gasteiger partial charge on any atom is 0.0426 e. The van der Waals surface area contributed by atoms with Gasteiger partial charge >= 0.3 is 0 Å². The Labute approximate surface area is 115 Å². The van der Waals surface area contributed by atoms with Crippen molar-refractivity contribution in [3.8, 4) is 0 Å². The molecule has 0 spiro atoms. The molecule has 0 saturated carbocycles. The van der Waals surface area contributed by atoms with E-state index >= 15 is 0 Å². The fourth-order valence-corrected chi connectivity index (χ4v) is 3.35. The molecular weight excluding hydrogens is 244 g/mol. The molecule has 0 aromatic heterocycles. The van der Waals surface area contributed by atoms with Crippen LogP contribution in [0.15, 0.2) is 24.3 Å². The van der Waals surface area contributed by atoms with Crippen LogP contribution >= 0.6 is 11.6 Å². The lowest BCUT2D eigenvalue weighted by Gasteiger charge is -2.49. The van der Waals surface area contributed by atoms with Crippen molar-refractivity contribution in [2.45, 2.75) is 38.6 Å². The second-order valence-electron chi connectivity index (χ2n) is 5.70. The second-order valence-corrected chi connectivity index (χ2v) is 6.14. The van der Waals surface area contributed by atoms with Crippen molar-refractivity contribution in [1.82, 2.24) is 0 Å². The summed E-state index contributed by atoms with van der Waals surface area (Å²) in [6, 6.07) is 8.17. The minimum Gasteiger partial charge on any atom is -0.366 e. The van der Waals surface area contributed by atoms with Crippen LogP contribution in [0.2, 0.25) is 5.02 Å². The summed E-state index contributed by atoms with van der Waals surface area (Å²) in [5.41, 5.74) is 7.13. The van der Waals surface area contributed by atoms with E-state index in [4.69, 9.17) is 17.3 Å². The molecule has 0 bridgehead atoms. The molecule has 1 saturated heterocycles. The van der Waals surface area contributed by atoms with Crippen molar-refractivity contribution < 1.29 is 0 Å². The number of rotatable bonds is 3. The number of benzene rings is 1. The Hall–Kier alpha value is -0.730. The first kappa shape index (κ1) is 13.7. The number of anilines is 1. The minimum absolute atomic E-state index is 0.155. The van der Waals surface area contributed by atoms with E-state index in [1.807, 2.05) is 12.1 Å². The van der Waals surface area contributed by atoms with Crippen molar-refractivity contribution in [1.29, 1.82) is 0 Å². The van der Waals surface area contributed by atoms with Gasteiger partial charge in [-0.15, -0.1) is 0 Å². The lowest BCUT2D eigenvalue weighted by Crippen LogP contribution is -2.54. The first-order valence-electron chi connectivity index (χ1n) is 6.79. The van der Waals surface area contributed by atoms with Gasteiger partial charge in [0.05, 0.1) is 0 Å². The van der Waals surface area contributed by atoms with E-state index < -0.39 is 0 Å². The van der Waals surface area contributed by atoms with Crippen LogP contribution in [0.5, 0.6) is 0 Å². The van der Waals surface area contributed by atoms with E-state index in [1.165, 1.54) is 18.5 Å². The summed E-state index contributed by atoms with van der Waals surface area (Å²) in [5.74, 6) is 0.662. The van der Waals surface area contributed by atoms with Crippen LogP contribution in [-0.2, 0) is 0 Å². The first-order valence-corrected chi connectivity index (χ1v) is 7.17. The molecule has 1 aromatic carbocycles. The number of nitrogens with zero attached hydrogens (tertiary/aromatic N) is 1. The highest BCUT2D eigenvalue weighted by Gasteiger charge is 2.37. The van der Waals surface area contributed by atoms with E-state index in [-0.39, 0.29) is 5.54 Å². The summed E-state index contributed by atoms with van der Waals surface area (Å²) < 4.78 is 0. The summed E-state index contributed by atoms with van der Waals surface area (Å²) in [4.78, 5) is 2.49. The average Bonchev–Trinajstić information content (AvgIpc) is 2.31. The number of piperidine rings is 1. The summed E-state index contributed by atoms with van der Waals surface area (Å²) in [6.07, 6.45) is 3.62. The fraction of sp³-hybridized carbons (Fsp3) is 0.600. The number of hydrogen-bond donors (Lipinski definition) is 1. The summed E-state index contributed by atoms with van der Waals surface area (Å²) in [5, 5.41) is 0.809. The zero-order valence-electron chi connectivity index (χ0n) is 11.3. The Morgan fingerprint density at radius 3 is 2.89 bits per heavy atom. The molecule has 1 aliphatic heterocycles. The topological polar surface area (TPSA) is 29.3 Å². The summed E-state index contributed by atoms with van der Waals surface area (Å²) in [6.45, 7) is 6.53. The molecule has 2 nitrogen and oxygen atoms in total. The highest BCUT2D eigenvalue weighted by atomic mass is 35.5. The molecule has 18 heavy (non-hydrogen) atoms. The van der Waals surface area contributed by atoms with Gasteiger partial charge in [0.1, 0.15) is 0 Å². The van der Waals surface area contributed by atoms with Crippen molar-refractivity contribution in [3.05, 3.63) is 29.3 Å². The molecule has 1 unspecified atom stereocenters. The number of nitrogens with two attached hydrogens (primary N) is 1. The van der Waals surface area contributed by atoms with Crippen LogP contribution in [0.4, 0.5) is 5.69 Å². The van der Waals surface area contributed by atoms with Crippen LogP contribution in [0.25, 0.3) is 0 Å². The molecule has 0 aliphatic carbocycles. The third-order valence-corrected chi connectivity index (χ3v) is 4.50. The highest BCUT2D eigenvalue weighted by Crippen LogP contribution is 2.38. The van der Waals surface area contributed by atoms with Crippen LogP contribution in [0, 0.1) is 5.92 Å². The minimum atomic E-state index is 0.155. The van der Waals surface area contributed by atoms with Gasteiger partial charge in [0.2, 0.25) is 0 Å². The van der Waals surface area contributed by atoms with Gasteiger partial charge in [-0.1, -0.05) is 17.7 Å². The van der Waals surface area contributed by atoms with Crippen molar-refractivity contribution in [2.24, 2.45) is 11.7 Å². The highest BCUT2D eigenvalue weighted by molar-refractivity contribution is 6.30. The predicted octanol–water partition coefficient (Wildman–Crippen LogP) is 3.68. The van der Waals surface area contributed by atoms with Gasteiger partial charge in [-0.05, 0) is 63.8 Å². The molecule has 1 fully saturated rings. The van der Waals surface area contributed by atoms with Crippen LogP contribution in [-0.4, -0.2) is 18.6 Å². The van der Waals surface area contributed by atoms with E-state index in [0.29, 0.717) is 5.92 Å². The van der Waals surface area contributed by atoms with Gasteiger partial charge in [0, 0.05) is 22.8 Å². The molecule has 1 aromatic rings. The van der Waals surface area contributed by atoms with Gasteiger partial charge in [-0.2, -0.15) is 0 Å². The lowest BCUT2D eigenvalue weighted by molar-refractivity contribution is 0.228. The number of hydrogen-bond acceptors (Lipinski definition) is 2. The summed E-state index contributed by atoms with van der Waals surface area (Å²) in [7, 11) is 0. The smallest absolute Gasteiger partial charge is 0.0426 e. The Kier molecular flexibility index (Phi) is 4.18. The molecule has 0 radical (unpaired) electrons. The normalized spacial score (nSPS) is 23.1. The Bertz CT molecular complexity index is 401. The van der Waals surface area contributed by atoms with E-state index in [0.717, 1.165) is 24.5 Å². The van der Waals surface area contributed by atoms with Gasteiger partial charge in [0.15, 0.2) is 0 Å². The third-order valence-electron chi connectivity index (χ3n) is 4.26. The molecule has 0 amide bonds. The maximum absolute atomic E-state index is 6.11. The Balaban J connectivity index is 2.26. The third kappa shape index (κ3) is 2.65. The molecule has 100 valence electrons. The van der Waals surface area contributed by atoms with Crippen molar-refractivity contribution in [3.63, 3.8) is 0 Å². The van der Waals surface area contributed by atoms with Crippen LogP contribution < -0.4 is 10.6 Å². The van der Waals surface area contributed by atoms with Gasteiger partial charge in [0.25, 0.3) is 0 Å². The van der Waals surface area contributed by atoms with Gasteiger partial charge in [-0.3, -0.25) is 0 Å². The predicted molar refractivity (Wildman–Crippen MR) is 79.3 cm³/mol. The molecular formula is C15H23ClN2. The Morgan fingerprint density at radius 2 is 2.22 bits per heavy atom. The molecule has 3 heteroatoms. The summed E-state index contributed by atoms with van der Waals surface area (Å²) >= 11 is 6.11. The van der Waals surface area contributed by atoms with Gasteiger partial charge in [-0.25, -0.2) is 0 Å². The standard InChI is InChI=1S/C15H23ClN2/c1-15(2)12(8-9-17)5-4-10-18(15)14-7-3-6-13(16)11-14/h3,6-7,11-12H,4-5,8-10,17H2,1-2H3. The second kappa shape index (κ2) is 5.50. The van der Waals surface area contributed by atoms with Gasteiger partial charge < -0.3 is 10.6 Å². The number of halogens is 1. The van der Waals surface area contributed by atoms with E-state index in [1.54, 1.807) is 0 Å². The zero-order chi connectivity index (χ0) is 13.2. The molecule has 1 aliphatic rings. The first-order chi connectivity index (χ1) is 8.55. The zero-order valence-corrected chi connectivity index (χ0v) is 12.1. The monoisotopic (exact) mass is 266 g/mol. The van der Waals surface area contributed by atoms with E-state index in [2.05, 4.69) is 30.9 Å². The largest absolute Gasteiger partial charge is 0.366 e. The molecule has 1 heterocycles. The fourth-order valence-electron chi connectivity index (χ4n) is 3.16. The van der Waals surface area contributed by atoms with Crippen molar-refractivity contribution >= 4 is 17.3 Å². The van der Waals surface area contributed by atoms with E-state index in [9.17, 15) is 0 Å². The van der Waals surface area contributed by atoms with Crippen LogP contribution in [0.1, 0.15) is 33.1 Å². The lowest BCUT2D eigenvalue weighted by atomic mass is 9.77. The maximum atomic E-state index is 6.11. The van der Waals surface area contributed by atoms with Crippen molar-refractivity contribution in [2.75, 3.05) is 18.0 Å². The molecule has 2 N–H and O–H groups in total. The average molecular weight is 267 g/mol.